The van der Waals surface area contributed by atoms with Crippen LogP contribution in [-0.2, 0) is 4.79 Å². The van der Waals surface area contributed by atoms with Crippen molar-refractivity contribution in [3.63, 3.8) is 0 Å². The molecule has 0 saturated carbocycles. The quantitative estimate of drug-likeness (QED) is 0.896. The molecule has 1 aliphatic heterocycles. The van der Waals surface area contributed by atoms with E-state index in [0.717, 1.165) is 0 Å². The lowest BCUT2D eigenvalue weighted by atomic mass is 10.1. The number of aromatic nitrogens is 2. The molecule has 0 bridgehead atoms. The number of hydrogen-bond acceptors (Lipinski definition) is 5. The van der Waals surface area contributed by atoms with Crippen LogP contribution in [0.3, 0.4) is 0 Å². The van der Waals surface area contributed by atoms with Gasteiger partial charge in [-0.25, -0.2) is 4.39 Å². The fourth-order valence-corrected chi connectivity index (χ4v) is 2.58. The van der Waals surface area contributed by atoms with Gasteiger partial charge in [0.25, 0.3) is 0 Å². The zero-order valence-corrected chi connectivity index (χ0v) is 10.9. The molecule has 6 nitrogen and oxygen atoms in total. The molecule has 2 atom stereocenters. The Labute approximate surface area is 119 Å². The lowest BCUT2D eigenvalue weighted by Crippen LogP contribution is -2.24. The molecule has 0 spiro atoms. The number of nitrogens with zero attached hydrogens (tertiary/aromatic N) is 4. The SMILES string of the molecule is N#Cc1ccc(N2C[C@H](C(=O)O)[C@@H](F)C2)c2nccnc12. The minimum absolute atomic E-state index is 0.00542. The van der Waals surface area contributed by atoms with E-state index in [1.54, 1.807) is 17.0 Å². The molecule has 0 radical (unpaired) electrons. The first kappa shape index (κ1) is 13.2. The number of fused-ring (bicyclic) bond motifs is 1. The fourth-order valence-electron chi connectivity index (χ4n) is 2.58. The van der Waals surface area contributed by atoms with Crippen LogP contribution in [-0.4, -0.2) is 40.3 Å². The zero-order valence-electron chi connectivity index (χ0n) is 10.9. The summed E-state index contributed by atoms with van der Waals surface area (Å²) in [5.41, 5.74) is 1.90. The number of rotatable bonds is 2. The standard InChI is InChI=1S/C14H11FN4O2/c15-10-7-19(6-9(10)14(20)21)11-2-1-8(5-16)12-13(11)18-4-3-17-12/h1-4,9-10H,6-7H2,(H,20,21)/t9-,10-/m0/s1. The molecule has 7 heteroatoms. The summed E-state index contributed by atoms with van der Waals surface area (Å²) in [4.78, 5) is 21.0. The predicted molar refractivity (Wildman–Crippen MR) is 72.5 cm³/mol. The molecule has 0 amide bonds. The smallest absolute Gasteiger partial charge is 0.311 e. The molecule has 1 saturated heterocycles. The van der Waals surface area contributed by atoms with Crippen molar-refractivity contribution in [1.29, 1.82) is 5.26 Å². The van der Waals surface area contributed by atoms with Crippen molar-refractivity contribution in [3.05, 3.63) is 30.1 Å². The second kappa shape index (κ2) is 4.98. The van der Waals surface area contributed by atoms with Crippen molar-refractivity contribution in [2.75, 3.05) is 18.0 Å². The van der Waals surface area contributed by atoms with E-state index in [1.165, 1.54) is 12.4 Å². The van der Waals surface area contributed by atoms with Crippen molar-refractivity contribution >= 4 is 22.7 Å². The first-order valence-corrected chi connectivity index (χ1v) is 6.37. The molecular weight excluding hydrogens is 275 g/mol. The molecule has 1 aromatic carbocycles. The Kier molecular flexibility index (Phi) is 3.14. The number of benzene rings is 1. The Bertz CT molecular complexity index is 758. The van der Waals surface area contributed by atoms with Crippen LogP contribution in [0.5, 0.6) is 0 Å². The highest BCUT2D eigenvalue weighted by molar-refractivity contribution is 5.92. The number of aliphatic carboxylic acids is 1. The first-order chi connectivity index (χ1) is 10.1. The van der Waals surface area contributed by atoms with Crippen LogP contribution in [0.15, 0.2) is 24.5 Å². The van der Waals surface area contributed by atoms with Gasteiger partial charge in [-0.15, -0.1) is 0 Å². The lowest BCUT2D eigenvalue weighted by molar-refractivity contribution is -0.142. The fraction of sp³-hybridized carbons (Fsp3) is 0.286. The highest BCUT2D eigenvalue weighted by atomic mass is 19.1. The molecule has 1 aromatic heterocycles. The van der Waals surface area contributed by atoms with Gasteiger partial charge in [0.05, 0.1) is 17.8 Å². The Morgan fingerprint density at radius 3 is 2.67 bits per heavy atom. The molecule has 21 heavy (non-hydrogen) atoms. The van der Waals surface area contributed by atoms with Gasteiger partial charge in [0.15, 0.2) is 0 Å². The van der Waals surface area contributed by atoms with Crippen LogP contribution < -0.4 is 4.90 Å². The van der Waals surface area contributed by atoms with Crippen molar-refractivity contribution < 1.29 is 14.3 Å². The Morgan fingerprint density at radius 2 is 2.05 bits per heavy atom. The van der Waals surface area contributed by atoms with Crippen LogP contribution in [0.25, 0.3) is 11.0 Å². The molecule has 3 rings (SSSR count). The van der Waals surface area contributed by atoms with E-state index in [0.29, 0.717) is 22.3 Å². The Morgan fingerprint density at radius 1 is 1.33 bits per heavy atom. The maximum Gasteiger partial charge on any atom is 0.311 e. The number of halogens is 1. The number of anilines is 1. The molecule has 0 aliphatic carbocycles. The van der Waals surface area contributed by atoms with Crippen molar-refractivity contribution in [2.45, 2.75) is 6.17 Å². The van der Waals surface area contributed by atoms with E-state index in [1.807, 2.05) is 6.07 Å². The highest BCUT2D eigenvalue weighted by Gasteiger charge is 2.38. The third-order valence-corrected chi connectivity index (χ3v) is 3.63. The summed E-state index contributed by atoms with van der Waals surface area (Å²) in [5, 5.41) is 18.1. The number of carbonyl (C=O) groups is 1. The summed E-state index contributed by atoms with van der Waals surface area (Å²) in [5.74, 6) is -2.19. The topological polar surface area (TPSA) is 90.1 Å². The van der Waals surface area contributed by atoms with E-state index < -0.39 is 18.1 Å². The first-order valence-electron chi connectivity index (χ1n) is 6.37. The summed E-state index contributed by atoms with van der Waals surface area (Å²) in [6.07, 6.45) is 1.55. The summed E-state index contributed by atoms with van der Waals surface area (Å²) in [6, 6.07) is 5.28. The third-order valence-electron chi connectivity index (χ3n) is 3.63. The van der Waals surface area contributed by atoms with Crippen LogP contribution >= 0.6 is 0 Å². The molecule has 2 heterocycles. The molecule has 1 aliphatic rings. The summed E-state index contributed by atoms with van der Waals surface area (Å²) in [7, 11) is 0. The van der Waals surface area contributed by atoms with Gasteiger partial charge in [-0.1, -0.05) is 0 Å². The van der Waals surface area contributed by atoms with E-state index >= 15 is 0 Å². The molecule has 1 fully saturated rings. The molecular formula is C14H11FN4O2. The van der Waals surface area contributed by atoms with E-state index in [9.17, 15) is 9.18 Å². The van der Waals surface area contributed by atoms with Gasteiger partial charge in [-0.3, -0.25) is 14.8 Å². The van der Waals surface area contributed by atoms with Gasteiger partial charge in [0.1, 0.15) is 29.2 Å². The normalized spacial score (nSPS) is 21.4. The highest BCUT2D eigenvalue weighted by Crippen LogP contribution is 2.31. The van der Waals surface area contributed by atoms with Gasteiger partial charge in [0, 0.05) is 18.9 Å². The van der Waals surface area contributed by atoms with E-state index in [-0.39, 0.29) is 13.1 Å². The summed E-state index contributed by atoms with van der Waals surface area (Å²) in [6.45, 7) is 0.0720. The van der Waals surface area contributed by atoms with Crippen LogP contribution in [0.1, 0.15) is 5.56 Å². The van der Waals surface area contributed by atoms with E-state index in [2.05, 4.69) is 9.97 Å². The number of nitriles is 1. The van der Waals surface area contributed by atoms with Gasteiger partial charge in [-0.2, -0.15) is 5.26 Å². The number of hydrogen-bond donors (Lipinski definition) is 1. The van der Waals surface area contributed by atoms with Gasteiger partial charge in [0.2, 0.25) is 0 Å². The number of carboxylic acid groups (broad SMARTS) is 1. The molecule has 106 valence electrons. The molecule has 0 unspecified atom stereocenters. The van der Waals surface area contributed by atoms with Crippen LogP contribution in [0, 0.1) is 17.2 Å². The van der Waals surface area contributed by atoms with Crippen molar-refractivity contribution in [3.8, 4) is 6.07 Å². The monoisotopic (exact) mass is 286 g/mol. The van der Waals surface area contributed by atoms with Crippen molar-refractivity contribution in [1.82, 2.24) is 9.97 Å². The number of alkyl halides is 1. The predicted octanol–water partition coefficient (Wildman–Crippen LogP) is 1.36. The van der Waals surface area contributed by atoms with Gasteiger partial charge in [-0.05, 0) is 12.1 Å². The Hall–Kier alpha value is -2.75. The second-order valence-corrected chi connectivity index (χ2v) is 4.86. The average Bonchev–Trinajstić information content (AvgIpc) is 2.88. The summed E-state index contributed by atoms with van der Waals surface area (Å²) >= 11 is 0. The minimum atomic E-state index is -1.43. The van der Waals surface area contributed by atoms with Crippen molar-refractivity contribution in [2.24, 2.45) is 5.92 Å². The zero-order chi connectivity index (χ0) is 15.0. The average molecular weight is 286 g/mol. The third kappa shape index (κ3) is 2.14. The second-order valence-electron chi connectivity index (χ2n) is 4.86. The van der Waals surface area contributed by atoms with Crippen LogP contribution in [0.4, 0.5) is 10.1 Å². The van der Waals surface area contributed by atoms with Gasteiger partial charge >= 0.3 is 5.97 Å². The van der Waals surface area contributed by atoms with Gasteiger partial charge < -0.3 is 10.0 Å². The minimum Gasteiger partial charge on any atom is -0.481 e. The Balaban J connectivity index is 2.07. The maximum atomic E-state index is 13.8. The molecule has 1 N–H and O–H groups in total. The lowest BCUT2D eigenvalue weighted by Gasteiger charge is -2.19. The maximum absolute atomic E-state index is 13.8. The number of carboxylic acids is 1. The largest absolute Gasteiger partial charge is 0.481 e. The summed E-state index contributed by atoms with van der Waals surface area (Å²) < 4.78 is 13.8. The van der Waals surface area contributed by atoms with E-state index in [4.69, 9.17) is 10.4 Å². The van der Waals surface area contributed by atoms with Crippen LogP contribution in [0.2, 0.25) is 0 Å². The molecule has 2 aromatic rings.